The van der Waals surface area contributed by atoms with Gasteiger partial charge in [0.15, 0.2) is 0 Å². The second kappa shape index (κ2) is 9.58. The van der Waals surface area contributed by atoms with Crippen LogP contribution in [0.15, 0.2) is 30.6 Å². The van der Waals surface area contributed by atoms with Crippen molar-refractivity contribution in [2.45, 2.75) is 31.9 Å². The zero-order chi connectivity index (χ0) is 22.5. The van der Waals surface area contributed by atoms with E-state index in [4.69, 9.17) is 16.3 Å². The number of carbonyl (C=O) groups is 1. The van der Waals surface area contributed by atoms with E-state index < -0.39 is 34.1 Å². The lowest BCUT2D eigenvalue weighted by Crippen LogP contribution is -2.43. The van der Waals surface area contributed by atoms with Crippen LogP contribution >= 0.6 is 11.6 Å². The van der Waals surface area contributed by atoms with Crippen molar-refractivity contribution < 1.29 is 31.1 Å². The largest absolute Gasteiger partial charge is 0.511 e. The van der Waals surface area contributed by atoms with Crippen LogP contribution in [-0.4, -0.2) is 42.4 Å². The Bertz CT molecular complexity index is 1020. The smallest absolute Gasteiger partial charge is 0.490 e. The quantitative estimate of drug-likeness (QED) is 0.618. The third-order valence-corrected chi connectivity index (χ3v) is 5.38. The molecule has 1 amide bonds. The molecule has 0 aliphatic heterocycles. The molecule has 0 aliphatic rings. The zero-order valence-electron chi connectivity index (χ0n) is 15.8. The number of carbonyl (C=O) groups excluding carboxylic acids is 1. The Morgan fingerprint density at radius 2 is 2.03 bits per heavy atom. The number of halogens is 4. The molecule has 2 N–H and O–H groups in total. The molecule has 0 bridgehead atoms. The molecule has 13 heteroatoms. The molecular weight excluding hydrogens is 449 g/mol. The van der Waals surface area contributed by atoms with Gasteiger partial charge in [-0.3, -0.25) is 14.8 Å². The maximum absolute atomic E-state index is 12.4. The molecule has 2 rings (SSSR count). The molecule has 8 nitrogen and oxygen atoms in total. The minimum Gasteiger partial charge on any atom is -0.490 e. The van der Waals surface area contributed by atoms with E-state index in [1.165, 1.54) is 30.1 Å². The Morgan fingerprint density at radius 1 is 1.33 bits per heavy atom. The van der Waals surface area contributed by atoms with Crippen molar-refractivity contribution in [3.8, 4) is 5.75 Å². The Hall–Kier alpha value is -2.44. The van der Waals surface area contributed by atoms with Gasteiger partial charge in [-0.15, -0.1) is 0 Å². The monoisotopic (exact) mass is 466 g/mol. The van der Waals surface area contributed by atoms with E-state index in [1.807, 2.05) is 0 Å². The summed E-state index contributed by atoms with van der Waals surface area (Å²) in [7, 11) is -5.49. The molecule has 0 saturated carbocycles. The van der Waals surface area contributed by atoms with Gasteiger partial charge in [-0.25, -0.2) is 13.1 Å². The number of hydrogen-bond donors (Lipinski definition) is 2. The van der Waals surface area contributed by atoms with Crippen LogP contribution in [0, 0.1) is 6.92 Å². The van der Waals surface area contributed by atoms with Crippen molar-refractivity contribution in [2.75, 3.05) is 6.61 Å². The summed E-state index contributed by atoms with van der Waals surface area (Å²) < 4.78 is 66.2. The van der Waals surface area contributed by atoms with Crippen molar-refractivity contribution in [3.05, 3.63) is 52.6 Å². The summed E-state index contributed by atoms with van der Waals surface area (Å²) in [4.78, 5) is 20.5. The van der Waals surface area contributed by atoms with Crippen LogP contribution in [0.1, 0.15) is 28.7 Å². The number of nitrogens with one attached hydrogen (secondary N) is 2. The fourth-order valence-electron chi connectivity index (χ4n) is 2.22. The van der Waals surface area contributed by atoms with E-state index in [-0.39, 0.29) is 17.9 Å². The first-order valence-electron chi connectivity index (χ1n) is 8.46. The standard InChI is InChI=1S/C17H18ClF3N4O4S/c1-10(25-30(27,28)17(19,20)21)9-29-12-6-13(11(2)23-7-12)16(26)24-8-15-14(18)4-3-5-22-15/h3-7,10,25H,8-9H2,1-2H3,(H,24,26)/t10-/m0/s1. The van der Waals surface area contributed by atoms with Gasteiger partial charge in [0, 0.05) is 6.20 Å². The van der Waals surface area contributed by atoms with Crippen molar-refractivity contribution >= 4 is 27.5 Å². The lowest BCUT2D eigenvalue weighted by molar-refractivity contribution is -0.0451. The van der Waals surface area contributed by atoms with Crippen LogP contribution in [-0.2, 0) is 16.6 Å². The predicted molar refractivity (Wildman–Crippen MR) is 102 cm³/mol. The number of pyridine rings is 2. The normalized spacial score (nSPS) is 13.0. The summed E-state index contributed by atoms with van der Waals surface area (Å²) in [5.41, 5.74) is -4.40. The lowest BCUT2D eigenvalue weighted by Gasteiger charge is -2.17. The average molecular weight is 467 g/mol. The highest BCUT2D eigenvalue weighted by Crippen LogP contribution is 2.22. The van der Waals surface area contributed by atoms with Gasteiger partial charge < -0.3 is 10.1 Å². The number of nitrogens with zero attached hydrogens (tertiary/aromatic N) is 2. The second-order valence-electron chi connectivity index (χ2n) is 6.20. The van der Waals surface area contributed by atoms with Gasteiger partial charge in [-0.05, 0) is 32.0 Å². The fraction of sp³-hybridized carbons (Fsp3) is 0.353. The number of alkyl halides is 3. The Labute approximate surface area is 175 Å². The highest BCUT2D eigenvalue weighted by molar-refractivity contribution is 7.90. The average Bonchev–Trinajstić information content (AvgIpc) is 2.65. The van der Waals surface area contributed by atoms with Crippen molar-refractivity contribution in [1.82, 2.24) is 20.0 Å². The maximum Gasteiger partial charge on any atom is 0.511 e. The van der Waals surface area contributed by atoms with Crippen LogP contribution in [0.25, 0.3) is 0 Å². The maximum atomic E-state index is 12.4. The second-order valence-corrected chi connectivity index (χ2v) is 8.31. The summed E-state index contributed by atoms with van der Waals surface area (Å²) in [5, 5.41) is 3.03. The zero-order valence-corrected chi connectivity index (χ0v) is 17.4. The summed E-state index contributed by atoms with van der Waals surface area (Å²) >= 11 is 5.99. The van der Waals surface area contributed by atoms with Gasteiger partial charge >= 0.3 is 15.5 Å². The molecule has 0 fully saturated rings. The van der Waals surface area contributed by atoms with Gasteiger partial charge in [0.25, 0.3) is 5.91 Å². The molecule has 0 aromatic carbocycles. The molecule has 2 heterocycles. The van der Waals surface area contributed by atoms with Gasteiger partial charge in [-0.1, -0.05) is 11.6 Å². The molecule has 0 aliphatic carbocycles. The Kier molecular flexibility index (Phi) is 7.61. The van der Waals surface area contributed by atoms with Crippen LogP contribution in [0.4, 0.5) is 13.2 Å². The number of rotatable bonds is 8. The topological polar surface area (TPSA) is 110 Å². The first-order valence-corrected chi connectivity index (χ1v) is 10.3. The molecule has 0 radical (unpaired) electrons. The van der Waals surface area contributed by atoms with Gasteiger partial charge in [0.05, 0.1) is 40.8 Å². The van der Waals surface area contributed by atoms with E-state index in [1.54, 1.807) is 19.1 Å². The number of ether oxygens (including phenoxy) is 1. The molecule has 164 valence electrons. The first kappa shape index (κ1) is 23.8. The summed E-state index contributed by atoms with van der Waals surface area (Å²) in [6.45, 7) is 2.45. The van der Waals surface area contributed by atoms with E-state index in [9.17, 15) is 26.4 Å². The molecule has 0 saturated heterocycles. The summed E-state index contributed by atoms with van der Waals surface area (Å²) in [6.07, 6.45) is 2.80. The summed E-state index contributed by atoms with van der Waals surface area (Å²) in [5.74, 6) is -0.405. The van der Waals surface area contributed by atoms with Crippen LogP contribution < -0.4 is 14.8 Å². The molecule has 0 unspecified atom stereocenters. The van der Waals surface area contributed by atoms with E-state index >= 15 is 0 Å². The predicted octanol–water partition coefficient (Wildman–Crippen LogP) is 2.57. The third-order valence-electron chi connectivity index (χ3n) is 3.72. The first-order chi connectivity index (χ1) is 13.9. The SMILES string of the molecule is Cc1ncc(OC[C@H](C)NS(=O)(=O)C(F)(F)F)cc1C(=O)NCc1ncccc1Cl. The number of hydrogen-bond acceptors (Lipinski definition) is 6. The molecule has 0 spiro atoms. The van der Waals surface area contributed by atoms with Crippen LogP contribution in [0.5, 0.6) is 5.75 Å². The highest BCUT2D eigenvalue weighted by Gasteiger charge is 2.46. The van der Waals surface area contributed by atoms with Crippen LogP contribution in [0.3, 0.4) is 0 Å². The van der Waals surface area contributed by atoms with Crippen molar-refractivity contribution in [1.29, 1.82) is 0 Å². The number of aromatic nitrogens is 2. The van der Waals surface area contributed by atoms with Crippen molar-refractivity contribution in [3.63, 3.8) is 0 Å². The van der Waals surface area contributed by atoms with Crippen molar-refractivity contribution in [2.24, 2.45) is 0 Å². The van der Waals surface area contributed by atoms with Gasteiger partial charge in [0.1, 0.15) is 12.4 Å². The lowest BCUT2D eigenvalue weighted by atomic mass is 10.2. The fourth-order valence-corrected chi connectivity index (χ4v) is 3.14. The minimum atomic E-state index is -5.49. The van der Waals surface area contributed by atoms with Crippen LogP contribution in [0.2, 0.25) is 5.02 Å². The third kappa shape index (κ3) is 6.28. The van der Waals surface area contributed by atoms with Gasteiger partial charge in [0.2, 0.25) is 0 Å². The molecule has 2 aromatic rings. The molecule has 1 atom stereocenters. The summed E-state index contributed by atoms with van der Waals surface area (Å²) in [6, 6.07) is 3.45. The highest BCUT2D eigenvalue weighted by atomic mass is 35.5. The van der Waals surface area contributed by atoms with E-state index in [0.29, 0.717) is 16.4 Å². The minimum absolute atomic E-state index is 0.0687. The van der Waals surface area contributed by atoms with E-state index in [0.717, 1.165) is 0 Å². The number of aryl methyl sites for hydroxylation is 1. The molecular formula is C17H18ClF3N4O4S. The Morgan fingerprint density at radius 3 is 2.67 bits per heavy atom. The Balaban J connectivity index is 2.01. The molecule has 2 aromatic heterocycles. The number of amides is 1. The molecule has 30 heavy (non-hydrogen) atoms. The van der Waals surface area contributed by atoms with E-state index in [2.05, 4.69) is 15.3 Å². The van der Waals surface area contributed by atoms with Gasteiger partial charge in [-0.2, -0.15) is 13.2 Å². The number of sulfonamides is 1.